The lowest BCUT2D eigenvalue weighted by atomic mass is 10.0. The van der Waals surface area contributed by atoms with Gasteiger partial charge < -0.3 is 5.11 Å². The zero-order valence-corrected chi connectivity index (χ0v) is 17.3. The highest BCUT2D eigenvalue weighted by Gasteiger charge is 2.16. The van der Waals surface area contributed by atoms with Crippen molar-refractivity contribution in [2.45, 2.75) is 102 Å². The van der Waals surface area contributed by atoms with Crippen molar-refractivity contribution in [3.8, 4) is 5.75 Å². The van der Waals surface area contributed by atoms with Crippen LogP contribution in [0.5, 0.6) is 5.75 Å². The number of carbonyl (C=O) groups is 1. The van der Waals surface area contributed by atoms with Crippen molar-refractivity contribution in [2.24, 2.45) is 0 Å². The minimum Gasteiger partial charge on any atom is -0.508 e. The first kappa shape index (κ1) is 23.0. The van der Waals surface area contributed by atoms with Crippen molar-refractivity contribution in [3.05, 3.63) is 29.8 Å². The van der Waals surface area contributed by atoms with E-state index in [1.807, 2.05) is 0 Å². The van der Waals surface area contributed by atoms with E-state index in [-0.39, 0.29) is 11.5 Å². The number of unbranched alkanes of at least 4 members (excludes halogenated alkanes) is 12. The quantitative estimate of drug-likeness (QED) is 0.235. The fraction of sp³-hybridized carbons (Fsp3) is 0.696. The molecule has 0 aromatic heterocycles. The number of phenolic OH excluding ortho intramolecular Hbond substituents is 1. The largest absolute Gasteiger partial charge is 0.508 e. The third kappa shape index (κ3) is 10.9. The van der Waals surface area contributed by atoms with Crippen LogP contribution in [0.4, 0.5) is 0 Å². The molecule has 0 saturated heterocycles. The predicted molar refractivity (Wildman–Crippen MR) is 112 cm³/mol. The van der Waals surface area contributed by atoms with Crippen LogP contribution in [0.2, 0.25) is 0 Å². The number of Topliss-reactive ketones (excluding diaryl/α,β-unsaturated/α-hetero) is 1. The lowest BCUT2D eigenvalue weighted by Gasteiger charge is -2.09. The molecule has 1 atom stereocenters. The Morgan fingerprint density at radius 1 is 0.808 bits per heavy atom. The van der Waals surface area contributed by atoms with Crippen molar-refractivity contribution in [2.75, 3.05) is 0 Å². The standard InChI is InChI=1S/C23H37ClO2/c1-2-3-4-5-6-7-8-9-10-11-12-13-14-15-22(26)23(24)20-16-18-21(25)19-17-20/h16-19,23,25H,2-15H2,1H3. The number of phenols is 1. The van der Waals surface area contributed by atoms with Crippen LogP contribution in [-0.2, 0) is 4.79 Å². The van der Waals surface area contributed by atoms with Gasteiger partial charge in [0.15, 0.2) is 5.78 Å². The molecule has 26 heavy (non-hydrogen) atoms. The van der Waals surface area contributed by atoms with Crippen molar-refractivity contribution >= 4 is 17.4 Å². The van der Waals surface area contributed by atoms with Gasteiger partial charge in [-0.25, -0.2) is 0 Å². The number of aromatic hydroxyl groups is 1. The van der Waals surface area contributed by atoms with Crippen LogP contribution >= 0.6 is 11.6 Å². The Labute approximate surface area is 165 Å². The van der Waals surface area contributed by atoms with E-state index in [9.17, 15) is 9.90 Å². The van der Waals surface area contributed by atoms with Gasteiger partial charge in [0.25, 0.3) is 0 Å². The first-order valence-corrected chi connectivity index (χ1v) is 11.0. The fourth-order valence-corrected chi connectivity index (χ4v) is 3.53. The Kier molecular flexibility index (Phi) is 13.4. The number of rotatable bonds is 16. The second-order valence-electron chi connectivity index (χ2n) is 7.41. The van der Waals surface area contributed by atoms with E-state index in [4.69, 9.17) is 11.6 Å². The maximum absolute atomic E-state index is 12.1. The molecule has 1 unspecified atom stereocenters. The molecule has 1 aromatic carbocycles. The van der Waals surface area contributed by atoms with Crippen molar-refractivity contribution in [1.29, 1.82) is 0 Å². The normalized spacial score (nSPS) is 12.2. The van der Waals surface area contributed by atoms with Crippen LogP contribution < -0.4 is 0 Å². The van der Waals surface area contributed by atoms with Gasteiger partial charge in [-0.15, -0.1) is 11.6 Å². The summed E-state index contributed by atoms with van der Waals surface area (Å²) in [5.41, 5.74) is 0.768. The topological polar surface area (TPSA) is 37.3 Å². The second kappa shape index (κ2) is 15.1. The van der Waals surface area contributed by atoms with Crippen LogP contribution in [0.25, 0.3) is 0 Å². The molecule has 1 rings (SSSR count). The number of halogens is 1. The molecule has 0 aliphatic rings. The van der Waals surface area contributed by atoms with Gasteiger partial charge in [-0.05, 0) is 24.1 Å². The van der Waals surface area contributed by atoms with E-state index in [0.29, 0.717) is 6.42 Å². The highest BCUT2D eigenvalue weighted by molar-refractivity contribution is 6.31. The van der Waals surface area contributed by atoms with Crippen LogP contribution in [0.3, 0.4) is 0 Å². The van der Waals surface area contributed by atoms with Gasteiger partial charge in [-0.3, -0.25) is 4.79 Å². The van der Waals surface area contributed by atoms with E-state index in [1.54, 1.807) is 24.3 Å². The highest BCUT2D eigenvalue weighted by atomic mass is 35.5. The summed E-state index contributed by atoms with van der Waals surface area (Å²) >= 11 is 6.23. The number of carbonyl (C=O) groups excluding carboxylic acids is 1. The third-order valence-corrected chi connectivity index (χ3v) is 5.49. The molecule has 0 amide bonds. The average molecular weight is 381 g/mol. The maximum atomic E-state index is 12.1. The van der Waals surface area contributed by atoms with E-state index >= 15 is 0 Å². The minimum atomic E-state index is -0.590. The van der Waals surface area contributed by atoms with Crippen LogP contribution in [-0.4, -0.2) is 10.9 Å². The molecule has 0 fully saturated rings. The first-order chi connectivity index (χ1) is 12.6. The zero-order chi connectivity index (χ0) is 19.0. The summed E-state index contributed by atoms with van der Waals surface area (Å²) in [6.45, 7) is 2.26. The van der Waals surface area contributed by atoms with Gasteiger partial charge in [0.1, 0.15) is 11.1 Å². The summed E-state index contributed by atoms with van der Waals surface area (Å²) in [5.74, 6) is 0.280. The highest BCUT2D eigenvalue weighted by Crippen LogP contribution is 2.25. The van der Waals surface area contributed by atoms with Crippen molar-refractivity contribution in [3.63, 3.8) is 0 Å². The average Bonchev–Trinajstić information content (AvgIpc) is 2.65. The summed E-state index contributed by atoms with van der Waals surface area (Å²) in [6, 6.07) is 6.58. The Morgan fingerprint density at radius 2 is 1.23 bits per heavy atom. The van der Waals surface area contributed by atoms with E-state index in [0.717, 1.165) is 18.4 Å². The molecule has 3 heteroatoms. The molecule has 0 bridgehead atoms. The molecule has 2 nitrogen and oxygen atoms in total. The molecule has 0 radical (unpaired) electrons. The fourth-order valence-electron chi connectivity index (χ4n) is 3.27. The van der Waals surface area contributed by atoms with E-state index < -0.39 is 5.38 Å². The lowest BCUT2D eigenvalue weighted by Crippen LogP contribution is -2.06. The summed E-state index contributed by atoms with van der Waals surface area (Å²) < 4.78 is 0. The molecule has 1 aromatic rings. The van der Waals surface area contributed by atoms with Gasteiger partial charge in [0, 0.05) is 6.42 Å². The number of benzene rings is 1. The third-order valence-electron chi connectivity index (χ3n) is 5.00. The minimum absolute atomic E-state index is 0.0837. The molecule has 1 N–H and O–H groups in total. The van der Waals surface area contributed by atoms with Crippen LogP contribution in [0.15, 0.2) is 24.3 Å². The molecular weight excluding hydrogens is 344 g/mol. The molecule has 0 aliphatic heterocycles. The maximum Gasteiger partial charge on any atom is 0.155 e. The zero-order valence-electron chi connectivity index (χ0n) is 16.5. The Bertz CT molecular complexity index is 470. The van der Waals surface area contributed by atoms with Crippen molar-refractivity contribution in [1.82, 2.24) is 0 Å². The molecule has 0 heterocycles. The smallest absolute Gasteiger partial charge is 0.155 e. The predicted octanol–water partition coefficient (Wildman–Crippen LogP) is 7.72. The SMILES string of the molecule is CCCCCCCCCCCCCCCC(=O)C(Cl)c1ccc(O)cc1. The van der Waals surface area contributed by atoms with Crippen LogP contribution in [0, 0.1) is 0 Å². The summed E-state index contributed by atoms with van der Waals surface area (Å²) in [6.07, 6.45) is 17.5. The molecule has 0 saturated carbocycles. The van der Waals surface area contributed by atoms with Gasteiger partial charge in [0.05, 0.1) is 0 Å². The molecular formula is C23H37ClO2. The summed E-state index contributed by atoms with van der Waals surface area (Å²) in [5, 5.41) is 8.69. The van der Waals surface area contributed by atoms with Gasteiger partial charge in [-0.2, -0.15) is 0 Å². The Balaban J connectivity index is 1.94. The van der Waals surface area contributed by atoms with E-state index in [2.05, 4.69) is 6.92 Å². The number of ketones is 1. The van der Waals surface area contributed by atoms with Crippen molar-refractivity contribution < 1.29 is 9.90 Å². The molecule has 148 valence electrons. The summed E-state index contributed by atoms with van der Waals surface area (Å²) in [7, 11) is 0. The van der Waals surface area contributed by atoms with Gasteiger partial charge in [0.2, 0.25) is 0 Å². The van der Waals surface area contributed by atoms with Crippen LogP contribution in [0.1, 0.15) is 108 Å². The second-order valence-corrected chi connectivity index (χ2v) is 7.85. The number of hydrogen-bond acceptors (Lipinski definition) is 2. The van der Waals surface area contributed by atoms with Gasteiger partial charge >= 0.3 is 0 Å². The molecule has 0 spiro atoms. The Hall–Kier alpha value is -1.02. The first-order valence-electron chi connectivity index (χ1n) is 10.6. The lowest BCUT2D eigenvalue weighted by molar-refractivity contribution is -0.118. The number of hydrogen-bond donors (Lipinski definition) is 1. The Morgan fingerprint density at radius 3 is 1.69 bits per heavy atom. The summed E-state index contributed by atoms with van der Waals surface area (Å²) in [4.78, 5) is 12.1. The molecule has 0 aliphatic carbocycles. The number of alkyl halides is 1. The monoisotopic (exact) mass is 380 g/mol. The van der Waals surface area contributed by atoms with Gasteiger partial charge in [-0.1, -0.05) is 96.1 Å². The van der Waals surface area contributed by atoms with E-state index in [1.165, 1.54) is 70.6 Å².